The minimum atomic E-state index is -1.04. The van der Waals surface area contributed by atoms with Crippen LogP contribution < -0.4 is 10.7 Å². The number of pyridine rings is 1. The van der Waals surface area contributed by atoms with Gasteiger partial charge in [-0.2, -0.15) is 0 Å². The fourth-order valence-electron chi connectivity index (χ4n) is 9.66. The molecule has 6 bridgehead atoms. The van der Waals surface area contributed by atoms with Gasteiger partial charge in [-0.3, -0.25) is 24.4 Å². The molecule has 6 heterocycles. The molecule has 4 amide bonds. The zero-order valence-electron chi connectivity index (χ0n) is 39.3. The van der Waals surface area contributed by atoms with Crippen LogP contribution in [0.1, 0.15) is 89.6 Å². The van der Waals surface area contributed by atoms with Crippen molar-refractivity contribution in [1.82, 2.24) is 45.0 Å². The van der Waals surface area contributed by atoms with Crippen molar-refractivity contribution < 1.29 is 28.7 Å². The van der Waals surface area contributed by atoms with Crippen LogP contribution in [0.2, 0.25) is 0 Å². The highest BCUT2D eigenvalue weighted by Gasteiger charge is 2.39. The second kappa shape index (κ2) is 19.7. The number of rotatable bonds is 9. The second-order valence-corrected chi connectivity index (χ2v) is 20.0. The number of esters is 1. The molecule has 2 N–H and O–H groups in total. The van der Waals surface area contributed by atoms with E-state index in [1.54, 1.807) is 20.4 Å². The zero-order valence-corrected chi connectivity index (χ0v) is 40.1. The molecule has 3 aliphatic heterocycles. The Morgan fingerprint density at radius 1 is 1.08 bits per heavy atom. The lowest BCUT2D eigenvalue weighted by Crippen LogP contribution is -2.62. The number of thiazole rings is 1. The zero-order chi connectivity index (χ0) is 46.0. The summed E-state index contributed by atoms with van der Waals surface area (Å²) in [6.07, 6.45) is 5.02. The molecule has 0 aliphatic carbocycles. The minimum Gasteiger partial charge on any atom is -0.464 e. The number of carbonyl (C=O) groups excluding carboxylic acids is 4. The first-order valence-corrected chi connectivity index (χ1v) is 23.7. The van der Waals surface area contributed by atoms with Gasteiger partial charge in [0.25, 0.3) is 5.91 Å². The molecule has 346 valence electrons. The summed E-state index contributed by atoms with van der Waals surface area (Å²) in [4.78, 5) is 72.3. The SMILES string of the molecule is CCn1c(-c2cccnc2[C@H](C)OC)c2c3cc(ccc31)-c1csc(n1)C[C@H](NC(=O)C(C(C)C)N(C)C(=O)N1CCC(N(C)C)CC1)C(=O)N1CCC[C@H](N1)C(=O)OCC(C)(C)C2. The summed E-state index contributed by atoms with van der Waals surface area (Å²) in [7, 11) is 7.48. The Morgan fingerprint density at radius 3 is 2.52 bits per heavy atom. The van der Waals surface area contributed by atoms with Gasteiger partial charge in [0.1, 0.15) is 18.1 Å². The molecule has 1 aromatic carbocycles. The number of carbonyl (C=O) groups is 4. The third-order valence-corrected chi connectivity index (χ3v) is 14.1. The fraction of sp³-hybridized carbons (Fsp3) is 0.583. The Balaban J connectivity index is 1.26. The molecule has 15 nitrogen and oxygen atoms in total. The number of piperidine rings is 1. The molecule has 0 saturated carbocycles. The van der Waals surface area contributed by atoms with Crippen molar-refractivity contribution in [2.24, 2.45) is 11.3 Å². The smallest absolute Gasteiger partial charge is 0.324 e. The number of likely N-dealkylation sites (tertiary alicyclic amines) is 1. The standard InChI is InChI=1S/C48H67N9O6S/c1-11-56-39-17-16-31-24-34(39)35(43(56)33-14-12-20-49-41(33)30(4)62-10)26-48(5,6)28-63-46(60)36-15-13-21-57(52-36)45(59)37(25-40-50-38(31)27-64-40)51-44(58)42(29(2)3)54(9)47(61)55-22-18-32(19-23-55)53(7)8/h12,14,16-17,20,24,27,29-30,32,36-37,42,52H,11,13,15,18-19,21-23,25-26,28H2,1-10H3,(H,51,58)/t30-,36-,37-,42?/m0/s1. The molecule has 0 spiro atoms. The van der Waals surface area contributed by atoms with E-state index >= 15 is 0 Å². The van der Waals surface area contributed by atoms with Crippen LogP contribution >= 0.6 is 11.3 Å². The molecule has 4 atom stereocenters. The van der Waals surface area contributed by atoms with Crippen LogP contribution in [-0.2, 0) is 43.2 Å². The van der Waals surface area contributed by atoms with Gasteiger partial charge in [-0.25, -0.2) is 15.2 Å². The molecule has 7 rings (SSSR count). The molecule has 3 aromatic heterocycles. The van der Waals surface area contributed by atoms with Crippen LogP contribution in [0.25, 0.3) is 33.4 Å². The summed E-state index contributed by atoms with van der Waals surface area (Å²) in [5.41, 5.74) is 9.41. The quantitative estimate of drug-likeness (QED) is 0.183. The lowest BCUT2D eigenvalue weighted by atomic mass is 9.84. The first-order valence-electron chi connectivity index (χ1n) is 22.8. The van der Waals surface area contributed by atoms with E-state index in [-0.39, 0.29) is 37.0 Å². The fourth-order valence-corrected chi connectivity index (χ4v) is 10.5. The van der Waals surface area contributed by atoms with Crippen LogP contribution in [-0.4, -0.2) is 137 Å². The summed E-state index contributed by atoms with van der Waals surface area (Å²) < 4.78 is 14.3. The van der Waals surface area contributed by atoms with Gasteiger partial charge in [-0.05, 0) is 95.8 Å². The first kappa shape index (κ1) is 47.1. The lowest BCUT2D eigenvalue weighted by molar-refractivity contribution is -0.155. The van der Waals surface area contributed by atoms with Gasteiger partial charge in [0, 0.05) is 91.8 Å². The molecular formula is C48H67N9O6S. The maximum absolute atomic E-state index is 14.6. The number of likely N-dealkylation sites (N-methyl/N-ethyl adjacent to an activating group) is 1. The number of hydrazine groups is 1. The van der Waals surface area contributed by atoms with Gasteiger partial charge in [-0.15, -0.1) is 11.3 Å². The largest absolute Gasteiger partial charge is 0.464 e. The molecule has 2 saturated heterocycles. The monoisotopic (exact) mass is 897 g/mol. The van der Waals surface area contributed by atoms with E-state index < -0.39 is 35.4 Å². The van der Waals surface area contributed by atoms with E-state index in [0.29, 0.717) is 56.5 Å². The molecule has 0 radical (unpaired) electrons. The predicted octanol–water partition coefficient (Wildman–Crippen LogP) is 6.30. The average molecular weight is 898 g/mol. The lowest BCUT2D eigenvalue weighted by Gasteiger charge is -2.40. The van der Waals surface area contributed by atoms with Crippen molar-refractivity contribution in [3.05, 3.63) is 58.2 Å². The summed E-state index contributed by atoms with van der Waals surface area (Å²) in [5.74, 6) is -1.49. The van der Waals surface area contributed by atoms with Gasteiger partial charge in [0.2, 0.25) is 5.91 Å². The second-order valence-electron chi connectivity index (χ2n) is 19.0. The number of hydrogen-bond donors (Lipinski definition) is 2. The van der Waals surface area contributed by atoms with E-state index in [9.17, 15) is 19.2 Å². The number of cyclic esters (lactones) is 1. The first-order chi connectivity index (χ1) is 30.5. The Hall–Kier alpha value is -4.90. The van der Waals surface area contributed by atoms with Crippen LogP contribution in [0.15, 0.2) is 41.9 Å². The molecular weight excluding hydrogens is 831 g/mol. The number of aryl methyl sites for hydroxylation is 1. The van der Waals surface area contributed by atoms with Gasteiger partial charge < -0.3 is 34.1 Å². The van der Waals surface area contributed by atoms with Crippen molar-refractivity contribution >= 4 is 46.1 Å². The van der Waals surface area contributed by atoms with Crippen molar-refractivity contribution in [3.63, 3.8) is 0 Å². The third-order valence-electron chi connectivity index (χ3n) is 13.2. The molecule has 3 aliphatic rings. The van der Waals surface area contributed by atoms with Gasteiger partial charge in [-0.1, -0.05) is 33.8 Å². The van der Waals surface area contributed by atoms with Gasteiger partial charge >= 0.3 is 12.0 Å². The van der Waals surface area contributed by atoms with Gasteiger partial charge in [0.05, 0.1) is 34.8 Å². The number of benzene rings is 1. The third kappa shape index (κ3) is 9.85. The Morgan fingerprint density at radius 2 is 1.83 bits per heavy atom. The van der Waals surface area contributed by atoms with E-state index in [0.717, 1.165) is 57.5 Å². The number of hydrogen-bond acceptors (Lipinski definition) is 11. The van der Waals surface area contributed by atoms with E-state index in [2.05, 4.69) is 79.3 Å². The van der Waals surface area contributed by atoms with Crippen molar-refractivity contribution in [1.29, 1.82) is 0 Å². The normalized spacial score (nSPS) is 20.9. The predicted molar refractivity (Wildman–Crippen MR) is 249 cm³/mol. The number of amides is 4. The highest BCUT2D eigenvalue weighted by Crippen LogP contribution is 2.42. The van der Waals surface area contributed by atoms with E-state index in [4.69, 9.17) is 19.4 Å². The van der Waals surface area contributed by atoms with Crippen LogP contribution in [0, 0.1) is 11.3 Å². The number of nitrogens with one attached hydrogen (secondary N) is 2. The Bertz CT molecular complexity index is 2330. The highest BCUT2D eigenvalue weighted by molar-refractivity contribution is 7.10. The summed E-state index contributed by atoms with van der Waals surface area (Å²) in [6, 6.07) is 8.03. The number of nitrogens with zero attached hydrogens (tertiary/aromatic N) is 7. The molecule has 16 heteroatoms. The summed E-state index contributed by atoms with van der Waals surface area (Å²) >= 11 is 1.43. The maximum atomic E-state index is 14.6. The number of aromatic nitrogens is 3. The van der Waals surface area contributed by atoms with Crippen LogP contribution in [0.3, 0.4) is 0 Å². The topological polar surface area (TPSA) is 154 Å². The van der Waals surface area contributed by atoms with Crippen molar-refractivity contribution in [3.8, 4) is 22.5 Å². The van der Waals surface area contributed by atoms with Crippen molar-refractivity contribution in [2.45, 2.75) is 117 Å². The highest BCUT2D eigenvalue weighted by atomic mass is 32.1. The van der Waals surface area contributed by atoms with Crippen LogP contribution in [0.4, 0.5) is 4.79 Å². The van der Waals surface area contributed by atoms with Crippen molar-refractivity contribution in [2.75, 3.05) is 54.5 Å². The number of urea groups is 1. The Labute approximate surface area is 381 Å². The number of methoxy groups -OCH3 is 1. The number of fused-ring (bicyclic) bond motifs is 6. The summed E-state index contributed by atoms with van der Waals surface area (Å²) in [5, 5.41) is 8.24. The van der Waals surface area contributed by atoms with Gasteiger partial charge in [0.15, 0.2) is 0 Å². The van der Waals surface area contributed by atoms with Crippen LogP contribution in [0.5, 0.6) is 0 Å². The van der Waals surface area contributed by atoms with E-state index in [1.165, 1.54) is 21.2 Å². The molecule has 1 unspecified atom stereocenters. The molecule has 2 fully saturated rings. The average Bonchev–Trinajstić information content (AvgIpc) is 3.88. The Kier molecular flexibility index (Phi) is 14.5. The molecule has 64 heavy (non-hydrogen) atoms. The number of ether oxygens (including phenoxy) is 2. The minimum absolute atomic E-state index is 0.114. The summed E-state index contributed by atoms with van der Waals surface area (Å²) in [6.45, 7) is 14.6. The van der Waals surface area contributed by atoms with E-state index in [1.807, 2.05) is 37.1 Å². The maximum Gasteiger partial charge on any atom is 0.324 e. The molecule has 4 aromatic rings.